The maximum absolute atomic E-state index is 13.3. The van der Waals surface area contributed by atoms with Gasteiger partial charge in [-0.3, -0.25) is 10.1 Å². The van der Waals surface area contributed by atoms with Crippen molar-refractivity contribution in [3.8, 4) is 5.75 Å². The molecule has 0 amide bonds. The average Bonchev–Trinajstić information content (AvgIpc) is 2.93. The number of aromatic hydroxyl groups is 1. The van der Waals surface area contributed by atoms with Gasteiger partial charge in [-0.25, -0.2) is 13.9 Å². The third kappa shape index (κ3) is 2.76. The SMILES string of the molecule is CC(Nc1ccn2ncc([N+](=O)[O-])c2n1)c1cc(F)ccc1O. The first-order valence-electron chi connectivity index (χ1n) is 6.69. The quantitative estimate of drug-likeness (QED) is 0.566. The third-order valence-electron chi connectivity index (χ3n) is 3.37. The molecule has 0 bridgehead atoms. The van der Waals surface area contributed by atoms with Gasteiger partial charge in [-0.15, -0.1) is 0 Å². The van der Waals surface area contributed by atoms with Gasteiger partial charge in [0, 0.05) is 11.8 Å². The molecule has 0 radical (unpaired) electrons. The first-order valence-corrected chi connectivity index (χ1v) is 6.69. The van der Waals surface area contributed by atoms with E-state index in [1.54, 1.807) is 13.0 Å². The number of hydrogen-bond donors (Lipinski definition) is 2. The number of nitrogens with zero attached hydrogens (tertiary/aromatic N) is 4. The molecule has 2 N–H and O–H groups in total. The minimum Gasteiger partial charge on any atom is -0.508 e. The summed E-state index contributed by atoms with van der Waals surface area (Å²) in [6.07, 6.45) is 2.64. The number of nitrogens with one attached hydrogen (secondary N) is 1. The predicted octanol–water partition coefficient (Wildman–Crippen LogP) is 2.66. The number of phenolic OH excluding ortho intramolecular Hbond substituents is 1. The summed E-state index contributed by atoms with van der Waals surface area (Å²) < 4.78 is 14.6. The molecule has 0 aliphatic heterocycles. The van der Waals surface area contributed by atoms with Gasteiger partial charge in [-0.2, -0.15) is 5.10 Å². The summed E-state index contributed by atoms with van der Waals surface area (Å²) in [6, 6.07) is 4.76. The maximum Gasteiger partial charge on any atom is 0.333 e. The molecule has 9 heteroatoms. The molecule has 0 aliphatic carbocycles. The highest BCUT2D eigenvalue weighted by atomic mass is 19.1. The highest BCUT2D eigenvalue weighted by Crippen LogP contribution is 2.27. The van der Waals surface area contributed by atoms with Crippen molar-refractivity contribution >= 4 is 17.2 Å². The van der Waals surface area contributed by atoms with E-state index in [4.69, 9.17) is 0 Å². The van der Waals surface area contributed by atoms with Gasteiger partial charge in [0.2, 0.25) is 5.65 Å². The van der Waals surface area contributed by atoms with Crippen LogP contribution in [0.25, 0.3) is 5.65 Å². The fourth-order valence-corrected chi connectivity index (χ4v) is 2.24. The zero-order chi connectivity index (χ0) is 16.6. The van der Waals surface area contributed by atoms with Crippen LogP contribution in [-0.2, 0) is 0 Å². The standard InChI is InChI=1S/C14H12FN5O3/c1-8(10-6-9(15)2-3-12(10)21)17-13-4-5-19-14(18-13)11(7-16-19)20(22)23/h2-8,21H,1H3,(H,17,18). The van der Waals surface area contributed by atoms with Crippen LogP contribution in [0.3, 0.4) is 0 Å². The molecule has 1 aromatic carbocycles. The normalized spacial score (nSPS) is 12.3. The van der Waals surface area contributed by atoms with Crippen LogP contribution in [-0.4, -0.2) is 24.6 Å². The number of anilines is 1. The van der Waals surface area contributed by atoms with Crippen molar-refractivity contribution in [2.45, 2.75) is 13.0 Å². The summed E-state index contributed by atoms with van der Waals surface area (Å²) in [5.74, 6) is -0.179. The van der Waals surface area contributed by atoms with Crippen LogP contribution in [0.4, 0.5) is 15.9 Å². The molecule has 23 heavy (non-hydrogen) atoms. The second kappa shape index (κ2) is 5.52. The van der Waals surface area contributed by atoms with Gasteiger partial charge < -0.3 is 10.4 Å². The summed E-state index contributed by atoms with van der Waals surface area (Å²) in [7, 11) is 0. The van der Waals surface area contributed by atoms with Crippen LogP contribution in [0.1, 0.15) is 18.5 Å². The molecule has 0 aliphatic rings. The maximum atomic E-state index is 13.3. The number of nitro groups is 1. The highest BCUT2D eigenvalue weighted by molar-refractivity contribution is 5.61. The molecule has 1 unspecified atom stereocenters. The summed E-state index contributed by atoms with van der Waals surface area (Å²) in [5.41, 5.74) is 0.236. The molecule has 3 rings (SSSR count). The van der Waals surface area contributed by atoms with E-state index in [1.807, 2.05) is 0 Å². The van der Waals surface area contributed by atoms with Crippen LogP contribution in [0.15, 0.2) is 36.7 Å². The Bertz CT molecular complexity index is 895. The lowest BCUT2D eigenvalue weighted by molar-refractivity contribution is -0.383. The van der Waals surface area contributed by atoms with E-state index in [0.717, 1.165) is 12.3 Å². The number of benzene rings is 1. The monoisotopic (exact) mass is 317 g/mol. The van der Waals surface area contributed by atoms with Crippen molar-refractivity contribution in [1.82, 2.24) is 14.6 Å². The van der Waals surface area contributed by atoms with Crippen molar-refractivity contribution in [3.63, 3.8) is 0 Å². The Hall–Kier alpha value is -3.23. The molecule has 2 aromatic heterocycles. The molecule has 0 saturated heterocycles. The number of phenols is 1. The first-order chi connectivity index (χ1) is 11.0. The lowest BCUT2D eigenvalue weighted by Crippen LogP contribution is -2.09. The van der Waals surface area contributed by atoms with E-state index in [-0.39, 0.29) is 17.1 Å². The number of fused-ring (bicyclic) bond motifs is 1. The van der Waals surface area contributed by atoms with Crippen LogP contribution in [0.2, 0.25) is 0 Å². The molecular weight excluding hydrogens is 305 g/mol. The summed E-state index contributed by atoms with van der Waals surface area (Å²) in [6.45, 7) is 1.71. The van der Waals surface area contributed by atoms with Crippen molar-refractivity contribution in [1.29, 1.82) is 0 Å². The van der Waals surface area contributed by atoms with E-state index in [2.05, 4.69) is 15.4 Å². The smallest absolute Gasteiger partial charge is 0.333 e. The minimum atomic E-state index is -0.569. The van der Waals surface area contributed by atoms with E-state index in [1.165, 1.54) is 22.8 Å². The number of rotatable bonds is 4. The van der Waals surface area contributed by atoms with E-state index in [9.17, 15) is 19.6 Å². The Balaban J connectivity index is 1.93. The molecule has 0 spiro atoms. The Labute approximate surface area is 129 Å². The van der Waals surface area contributed by atoms with E-state index in [0.29, 0.717) is 11.4 Å². The van der Waals surface area contributed by atoms with Crippen molar-refractivity contribution in [2.24, 2.45) is 0 Å². The zero-order valence-electron chi connectivity index (χ0n) is 12.0. The molecular formula is C14H12FN5O3. The summed E-state index contributed by atoms with van der Waals surface area (Å²) >= 11 is 0. The molecule has 2 heterocycles. The number of aromatic nitrogens is 3. The topological polar surface area (TPSA) is 106 Å². The lowest BCUT2D eigenvalue weighted by atomic mass is 10.1. The molecule has 118 valence electrons. The second-order valence-electron chi connectivity index (χ2n) is 4.94. The number of hydrogen-bond acceptors (Lipinski definition) is 6. The Morgan fingerprint density at radius 1 is 1.43 bits per heavy atom. The van der Waals surface area contributed by atoms with Gasteiger partial charge in [0.25, 0.3) is 0 Å². The molecule has 3 aromatic rings. The minimum absolute atomic E-state index is 0.0530. The molecule has 0 fully saturated rings. The summed E-state index contributed by atoms with van der Waals surface area (Å²) in [5, 5.41) is 27.6. The van der Waals surface area contributed by atoms with Crippen molar-refractivity contribution in [2.75, 3.05) is 5.32 Å². The van der Waals surface area contributed by atoms with Gasteiger partial charge in [0.1, 0.15) is 23.6 Å². The Morgan fingerprint density at radius 2 is 2.22 bits per heavy atom. The van der Waals surface area contributed by atoms with Crippen molar-refractivity contribution in [3.05, 3.63) is 58.2 Å². The largest absolute Gasteiger partial charge is 0.508 e. The average molecular weight is 317 g/mol. The summed E-state index contributed by atoms with van der Waals surface area (Å²) in [4.78, 5) is 14.5. The fourth-order valence-electron chi connectivity index (χ4n) is 2.24. The molecule has 0 saturated carbocycles. The van der Waals surface area contributed by atoms with Gasteiger partial charge in [-0.1, -0.05) is 0 Å². The first kappa shape index (κ1) is 14.7. The van der Waals surface area contributed by atoms with Gasteiger partial charge in [0.05, 0.1) is 11.0 Å². The second-order valence-corrected chi connectivity index (χ2v) is 4.94. The molecule has 1 atom stereocenters. The van der Waals surface area contributed by atoms with Crippen LogP contribution < -0.4 is 5.32 Å². The van der Waals surface area contributed by atoms with Crippen LogP contribution >= 0.6 is 0 Å². The lowest BCUT2D eigenvalue weighted by Gasteiger charge is -2.16. The zero-order valence-corrected chi connectivity index (χ0v) is 12.0. The van der Waals surface area contributed by atoms with Gasteiger partial charge in [-0.05, 0) is 31.2 Å². The number of halogens is 1. The molecule has 8 nitrogen and oxygen atoms in total. The van der Waals surface area contributed by atoms with Crippen LogP contribution in [0.5, 0.6) is 5.75 Å². The Kier molecular flexibility index (Phi) is 3.53. The van der Waals surface area contributed by atoms with E-state index < -0.39 is 16.8 Å². The van der Waals surface area contributed by atoms with Gasteiger partial charge >= 0.3 is 5.69 Å². The third-order valence-corrected chi connectivity index (χ3v) is 3.37. The predicted molar refractivity (Wildman–Crippen MR) is 79.7 cm³/mol. The van der Waals surface area contributed by atoms with Crippen molar-refractivity contribution < 1.29 is 14.4 Å². The van der Waals surface area contributed by atoms with Crippen LogP contribution in [0, 0.1) is 15.9 Å². The van der Waals surface area contributed by atoms with E-state index >= 15 is 0 Å². The van der Waals surface area contributed by atoms with Gasteiger partial charge in [0.15, 0.2) is 0 Å². The fraction of sp³-hybridized carbons (Fsp3) is 0.143. The Morgan fingerprint density at radius 3 is 2.96 bits per heavy atom. The highest BCUT2D eigenvalue weighted by Gasteiger charge is 2.18.